The fraction of sp³-hybridized carbons (Fsp3) is 0.393. The summed E-state index contributed by atoms with van der Waals surface area (Å²) in [5.74, 6) is 3.04. The van der Waals surface area contributed by atoms with Gasteiger partial charge in [0, 0.05) is 33.4 Å². The maximum Gasteiger partial charge on any atom is 0.251 e. The van der Waals surface area contributed by atoms with Crippen LogP contribution in [0.5, 0.6) is 11.5 Å². The van der Waals surface area contributed by atoms with E-state index in [9.17, 15) is 9.59 Å². The molecule has 1 aliphatic carbocycles. The first kappa shape index (κ1) is 23.2. The third kappa shape index (κ3) is 4.50. The van der Waals surface area contributed by atoms with E-state index in [1.165, 1.54) is 17.3 Å². The maximum absolute atomic E-state index is 12.9. The van der Waals surface area contributed by atoms with Crippen molar-refractivity contribution in [2.24, 2.45) is 11.8 Å². The van der Waals surface area contributed by atoms with Gasteiger partial charge in [-0.3, -0.25) is 14.6 Å². The Kier molecular flexibility index (Phi) is 6.21. The Morgan fingerprint density at radius 1 is 1.14 bits per heavy atom. The maximum atomic E-state index is 12.9. The molecule has 1 unspecified atom stereocenters. The fourth-order valence-electron chi connectivity index (χ4n) is 5.72. The summed E-state index contributed by atoms with van der Waals surface area (Å²) in [7, 11) is 1.68. The molecular weight excluding hydrogens is 474 g/mol. The molecule has 3 heterocycles. The Hall–Kier alpha value is -3.26. The first-order valence-electron chi connectivity index (χ1n) is 12.5. The number of hydrogen-bond donors (Lipinski definition) is 2. The van der Waals surface area contributed by atoms with E-state index in [4.69, 9.17) is 9.47 Å². The van der Waals surface area contributed by atoms with Crippen LogP contribution in [0.25, 0.3) is 10.9 Å². The Bertz CT molecular complexity index is 1330. The van der Waals surface area contributed by atoms with Crippen LogP contribution in [0.1, 0.15) is 41.6 Å². The first-order valence-corrected chi connectivity index (χ1v) is 13.5. The van der Waals surface area contributed by atoms with Crippen molar-refractivity contribution < 1.29 is 19.1 Å². The van der Waals surface area contributed by atoms with Crippen molar-refractivity contribution in [3.05, 3.63) is 53.7 Å². The number of nitrogens with zero attached hydrogens (tertiary/aromatic N) is 1. The molecule has 1 atom stereocenters. The molecule has 3 aliphatic rings. The predicted molar refractivity (Wildman–Crippen MR) is 140 cm³/mol. The van der Waals surface area contributed by atoms with Crippen LogP contribution < -0.4 is 20.1 Å². The predicted octanol–water partition coefficient (Wildman–Crippen LogP) is 4.83. The monoisotopic (exact) mass is 503 g/mol. The smallest absolute Gasteiger partial charge is 0.251 e. The number of thioether (sulfide) groups is 1. The summed E-state index contributed by atoms with van der Waals surface area (Å²) in [6.45, 7) is 0.713. The zero-order valence-electron chi connectivity index (χ0n) is 20.2. The fourth-order valence-corrected chi connectivity index (χ4v) is 6.51. The molecule has 1 fully saturated rings. The van der Waals surface area contributed by atoms with Crippen molar-refractivity contribution in [2.75, 3.05) is 24.8 Å². The molecule has 1 saturated carbocycles. The molecule has 8 heteroatoms. The van der Waals surface area contributed by atoms with E-state index in [1.54, 1.807) is 13.2 Å². The zero-order chi connectivity index (χ0) is 24.6. The van der Waals surface area contributed by atoms with Crippen LogP contribution in [-0.4, -0.2) is 42.3 Å². The number of aromatic nitrogens is 1. The normalized spacial score (nSPS) is 23.1. The van der Waals surface area contributed by atoms with Gasteiger partial charge in [0.05, 0.1) is 36.9 Å². The summed E-state index contributed by atoms with van der Waals surface area (Å²) in [6.07, 6.45) is 6.87. The molecular formula is C28H29N3O4S. The minimum Gasteiger partial charge on any atom is -0.497 e. The lowest BCUT2D eigenvalue weighted by Crippen LogP contribution is -2.40. The number of methoxy groups -OCH3 is 1. The van der Waals surface area contributed by atoms with E-state index >= 15 is 0 Å². The molecule has 2 aliphatic heterocycles. The highest BCUT2D eigenvalue weighted by Crippen LogP contribution is 2.40. The van der Waals surface area contributed by atoms with E-state index in [0.717, 1.165) is 65.1 Å². The molecule has 0 saturated heterocycles. The molecule has 2 amide bonds. The third-order valence-electron chi connectivity index (χ3n) is 7.71. The molecule has 2 aromatic carbocycles. The van der Waals surface area contributed by atoms with Crippen molar-refractivity contribution >= 4 is 40.2 Å². The lowest BCUT2D eigenvalue weighted by molar-refractivity contribution is -0.113. The number of hydrogen-bond acceptors (Lipinski definition) is 6. The lowest BCUT2D eigenvalue weighted by atomic mass is 9.75. The molecule has 2 N–H and O–H groups in total. The van der Waals surface area contributed by atoms with E-state index < -0.39 is 0 Å². The van der Waals surface area contributed by atoms with Crippen LogP contribution in [0.15, 0.2) is 47.5 Å². The van der Waals surface area contributed by atoms with Gasteiger partial charge >= 0.3 is 0 Å². The number of fused-ring (bicyclic) bond motifs is 4. The zero-order valence-corrected chi connectivity index (χ0v) is 21.0. The third-order valence-corrected chi connectivity index (χ3v) is 8.79. The Balaban J connectivity index is 1.09. The summed E-state index contributed by atoms with van der Waals surface area (Å²) in [5, 5.41) is 7.19. The number of pyridine rings is 1. The molecule has 3 aromatic rings. The van der Waals surface area contributed by atoms with Crippen LogP contribution in [-0.2, 0) is 11.2 Å². The van der Waals surface area contributed by atoms with Crippen molar-refractivity contribution in [3.63, 3.8) is 0 Å². The van der Waals surface area contributed by atoms with Crippen LogP contribution in [0.2, 0.25) is 0 Å². The number of benzene rings is 2. The number of nitrogens with one attached hydrogen (secondary N) is 2. The molecule has 7 nitrogen and oxygen atoms in total. The number of rotatable bonds is 4. The second kappa shape index (κ2) is 9.65. The second-order valence-electron chi connectivity index (χ2n) is 9.89. The standard InChI is InChI=1S/C28H29N3O4S/c1-34-20-7-8-23-21(12-20)22-10-18(14-35-25(22)13-29-23)16-2-5-19(6-3-16)30-28(33)17-4-9-26-24(11-17)31-27(32)15-36-26/h4,7-9,11-13,16,18-19H,2-3,5-6,10,14-15H2,1H3,(H,30,33)(H,31,32). The van der Waals surface area contributed by atoms with Gasteiger partial charge in [-0.1, -0.05) is 0 Å². The second-order valence-corrected chi connectivity index (χ2v) is 10.9. The average molecular weight is 504 g/mol. The lowest BCUT2D eigenvalue weighted by Gasteiger charge is -2.36. The van der Waals surface area contributed by atoms with Gasteiger partial charge in [-0.25, -0.2) is 0 Å². The highest BCUT2D eigenvalue weighted by Gasteiger charge is 2.32. The summed E-state index contributed by atoms with van der Waals surface area (Å²) in [6, 6.07) is 11.7. The molecule has 1 aromatic heterocycles. The molecule has 0 spiro atoms. The molecule has 0 bridgehead atoms. The Morgan fingerprint density at radius 3 is 2.83 bits per heavy atom. The van der Waals surface area contributed by atoms with E-state index in [0.29, 0.717) is 29.8 Å². The largest absolute Gasteiger partial charge is 0.497 e. The highest BCUT2D eigenvalue weighted by atomic mass is 32.2. The highest BCUT2D eigenvalue weighted by molar-refractivity contribution is 8.00. The number of amides is 2. The van der Waals surface area contributed by atoms with E-state index in [1.807, 2.05) is 30.5 Å². The van der Waals surface area contributed by atoms with Crippen LogP contribution in [0.4, 0.5) is 5.69 Å². The van der Waals surface area contributed by atoms with Crippen molar-refractivity contribution in [2.45, 2.75) is 43.0 Å². The van der Waals surface area contributed by atoms with Gasteiger partial charge in [0.25, 0.3) is 5.91 Å². The molecule has 0 radical (unpaired) electrons. The van der Waals surface area contributed by atoms with Gasteiger partial charge in [-0.15, -0.1) is 11.8 Å². The van der Waals surface area contributed by atoms with E-state index in [-0.39, 0.29) is 17.9 Å². The summed E-state index contributed by atoms with van der Waals surface area (Å²) in [5.41, 5.74) is 3.51. The average Bonchev–Trinajstić information content (AvgIpc) is 2.92. The minimum atomic E-state index is -0.0751. The Labute approximate surface area is 214 Å². The molecule has 6 rings (SSSR count). The van der Waals surface area contributed by atoms with Gasteiger partial charge in [-0.2, -0.15) is 0 Å². The van der Waals surface area contributed by atoms with Crippen LogP contribution in [0.3, 0.4) is 0 Å². The SMILES string of the molecule is COc1ccc2ncc3c(c2c1)CC(C1CCC(NC(=O)c2ccc4c(c2)NC(=O)CS4)CC1)CO3. The molecule has 36 heavy (non-hydrogen) atoms. The van der Waals surface area contributed by atoms with Gasteiger partial charge in [-0.05, 0) is 74.4 Å². The summed E-state index contributed by atoms with van der Waals surface area (Å²) >= 11 is 1.50. The van der Waals surface area contributed by atoms with Crippen molar-refractivity contribution in [1.82, 2.24) is 10.3 Å². The van der Waals surface area contributed by atoms with Crippen molar-refractivity contribution in [3.8, 4) is 11.5 Å². The molecule has 186 valence electrons. The van der Waals surface area contributed by atoms with Crippen molar-refractivity contribution in [1.29, 1.82) is 0 Å². The van der Waals surface area contributed by atoms with Gasteiger partial charge in [0.15, 0.2) is 0 Å². The van der Waals surface area contributed by atoms with E-state index in [2.05, 4.69) is 21.7 Å². The number of carbonyl (C=O) groups excluding carboxylic acids is 2. The van der Waals surface area contributed by atoms with Crippen LogP contribution >= 0.6 is 11.8 Å². The van der Waals surface area contributed by atoms with Gasteiger partial charge in [0.2, 0.25) is 5.91 Å². The minimum absolute atomic E-state index is 0.0268. The van der Waals surface area contributed by atoms with Gasteiger partial charge in [0.1, 0.15) is 11.5 Å². The summed E-state index contributed by atoms with van der Waals surface area (Å²) < 4.78 is 11.6. The number of ether oxygens (including phenoxy) is 2. The van der Waals surface area contributed by atoms with Crippen LogP contribution in [0, 0.1) is 11.8 Å². The quantitative estimate of drug-likeness (QED) is 0.530. The number of anilines is 1. The van der Waals surface area contributed by atoms with Gasteiger partial charge < -0.3 is 20.1 Å². The number of carbonyl (C=O) groups is 2. The summed E-state index contributed by atoms with van der Waals surface area (Å²) in [4.78, 5) is 30.2. The Morgan fingerprint density at radius 2 is 2.00 bits per heavy atom. The first-order chi connectivity index (χ1) is 17.6. The topological polar surface area (TPSA) is 89.5 Å².